The van der Waals surface area contributed by atoms with E-state index in [1.807, 2.05) is 31.2 Å². The van der Waals surface area contributed by atoms with E-state index in [1.54, 1.807) is 0 Å². The quantitative estimate of drug-likeness (QED) is 0.580. The van der Waals surface area contributed by atoms with Gasteiger partial charge in [-0.1, -0.05) is 23.3 Å². The summed E-state index contributed by atoms with van der Waals surface area (Å²) in [4.78, 5) is 26.6. The molecule has 1 fully saturated rings. The molecule has 1 aliphatic carbocycles. The fourth-order valence-corrected chi connectivity index (χ4v) is 3.27. The highest BCUT2D eigenvalue weighted by atomic mass is 16.2. The second kappa shape index (κ2) is 4.58. The Morgan fingerprint density at radius 1 is 0.950 bits per heavy atom. The summed E-state index contributed by atoms with van der Waals surface area (Å²) in [5.74, 6) is -0.381. The molecule has 3 heteroatoms. The van der Waals surface area contributed by atoms with Crippen molar-refractivity contribution in [1.82, 2.24) is 0 Å². The molecule has 1 aliphatic heterocycles. The molecule has 1 heterocycles. The van der Waals surface area contributed by atoms with Crippen LogP contribution in [0, 0.1) is 18.8 Å². The third kappa shape index (κ3) is 1.89. The molecular formula is C17H19NO2. The van der Waals surface area contributed by atoms with Crippen molar-refractivity contribution in [2.24, 2.45) is 11.8 Å². The van der Waals surface area contributed by atoms with Gasteiger partial charge in [0.1, 0.15) is 0 Å². The summed E-state index contributed by atoms with van der Waals surface area (Å²) in [6.45, 7) is 6.11. The molecule has 2 amide bonds. The Morgan fingerprint density at radius 3 is 2.00 bits per heavy atom. The first-order valence-electron chi connectivity index (χ1n) is 7.08. The van der Waals surface area contributed by atoms with Crippen molar-refractivity contribution in [3.8, 4) is 0 Å². The maximum absolute atomic E-state index is 12.6. The minimum absolute atomic E-state index is 0.0301. The second-order valence-corrected chi connectivity index (χ2v) is 6.03. The van der Waals surface area contributed by atoms with Crippen LogP contribution >= 0.6 is 0 Å². The third-order valence-corrected chi connectivity index (χ3v) is 4.60. The number of rotatable bonds is 1. The molecule has 0 radical (unpaired) electrons. The lowest BCUT2D eigenvalue weighted by molar-refractivity contribution is -0.122. The van der Waals surface area contributed by atoms with E-state index in [9.17, 15) is 9.59 Å². The van der Waals surface area contributed by atoms with Gasteiger partial charge in [-0.15, -0.1) is 0 Å². The highest BCUT2D eigenvalue weighted by Gasteiger charge is 2.49. The fourth-order valence-electron chi connectivity index (χ4n) is 3.27. The van der Waals surface area contributed by atoms with Crippen molar-refractivity contribution >= 4 is 17.5 Å². The molecule has 0 N–H and O–H groups in total. The molecule has 104 valence electrons. The van der Waals surface area contributed by atoms with Gasteiger partial charge < -0.3 is 0 Å². The first-order valence-corrected chi connectivity index (χ1v) is 7.08. The van der Waals surface area contributed by atoms with E-state index in [-0.39, 0.29) is 23.7 Å². The van der Waals surface area contributed by atoms with E-state index in [0.717, 1.165) is 18.4 Å². The average molecular weight is 269 g/mol. The number of amides is 2. The summed E-state index contributed by atoms with van der Waals surface area (Å²) in [5.41, 5.74) is 4.30. The summed E-state index contributed by atoms with van der Waals surface area (Å²) in [5, 5.41) is 0. The molecular weight excluding hydrogens is 250 g/mol. The first-order chi connectivity index (χ1) is 9.49. The zero-order valence-electron chi connectivity index (χ0n) is 12.1. The number of hydrogen-bond donors (Lipinski definition) is 0. The van der Waals surface area contributed by atoms with Gasteiger partial charge in [0, 0.05) is 0 Å². The van der Waals surface area contributed by atoms with Crippen molar-refractivity contribution in [3.05, 3.63) is 41.0 Å². The normalized spacial score (nSPS) is 26.2. The summed E-state index contributed by atoms with van der Waals surface area (Å²) in [6, 6.07) is 7.60. The topological polar surface area (TPSA) is 37.4 Å². The lowest BCUT2D eigenvalue weighted by atomic mass is 9.78. The van der Waals surface area contributed by atoms with Gasteiger partial charge >= 0.3 is 0 Å². The molecule has 0 spiro atoms. The predicted molar refractivity (Wildman–Crippen MR) is 78.3 cm³/mol. The Kier molecular flexibility index (Phi) is 3.00. The Balaban J connectivity index is 1.98. The molecule has 0 saturated carbocycles. The monoisotopic (exact) mass is 269 g/mol. The van der Waals surface area contributed by atoms with Gasteiger partial charge in [-0.05, 0) is 51.3 Å². The summed E-state index contributed by atoms with van der Waals surface area (Å²) < 4.78 is 0. The number of hydrogen-bond acceptors (Lipinski definition) is 2. The van der Waals surface area contributed by atoms with Gasteiger partial charge in [-0.3, -0.25) is 14.5 Å². The van der Waals surface area contributed by atoms with Gasteiger partial charge in [0.2, 0.25) is 11.8 Å². The molecule has 1 aromatic carbocycles. The van der Waals surface area contributed by atoms with Crippen LogP contribution in [0.3, 0.4) is 0 Å². The van der Waals surface area contributed by atoms with Crippen LogP contribution in [-0.4, -0.2) is 11.8 Å². The molecule has 2 aliphatic rings. The molecule has 2 atom stereocenters. The van der Waals surface area contributed by atoms with Crippen molar-refractivity contribution in [3.63, 3.8) is 0 Å². The molecule has 3 rings (SSSR count). The van der Waals surface area contributed by atoms with Crippen molar-refractivity contribution < 1.29 is 9.59 Å². The van der Waals surface area contributed by atoms with Crippen LogP contribution < -0.4 is 4.90 Å². The lowest BCUT2D eigenvalue weighted by Crippen LogP contribution is -2.30. The number of aryl methyl sites for hydroxylation is 1. The highest BCUT2D eigenvalue weighted by Crippen LogP contribution is 2.42. The molecule has 1 saturated heterocycles. The maximum atomic E-state index is 12.6. The van der Waals surface area contributed by atoms with Gasteiger partial charge in [-0.25, -0.2) is 0 Å². The highest BCUT2D eigenvalue weighted by molar-refractivity contribution is 6.22. The standard InChI is InChI=1S/C17H19NO2/c1-10-5-4-6-13(7-10)18-16(19)14-8-11(2)12(3)9-15(14)17(18)20/h4-7,14-15H,8-9H2,1-3H3/t14-,15-/m0/s1. The molecule has 0 bridgehead atoms. The molecule has 20 heavy (non-hydrogen) atoms. The second-order valence-electron chi connectivity index (χ2n) is 6.03. The number of carbonyl (C=O) groups is 2. The molecule has 0 unspecified atom stereocenters. The van der Waals surface area contributed by atoms with E-state index in [1.165, 1.54) is 16.0 Å². The predicted octanol–water partition coefficient (Wildman–Crippen LogP) is 3.23. The first kappa shape index (κ1) is 13.1. The maximum Gasteiger partial charge on any atom is 0.238 e. The average Bonchev–Trinajstić information content (AvgIpc) is 2.63. The smallest absolute Gasteiger partial charge is 0.238 e. The van der Waals surface area contributed by atoms with E-state index < -0.39 is 0 Å². The van der Waals surface area contributed by atoms with Crippen molar-refractivity contribution in [1.29, 1.82) is 0 Å². The van der Waals surface area contributed by atoms with Crippen LogP contribution in [0.5, 0.6) is 0 Å². The van der Waals surface area contributed by atoms with E-state index in [4.69, 9.17) is 0 Å². The Morgan fingerprint density at radius 2 is 1.50 bits per heavy atom. The summed E-state index contributed by atoms with van der Waals surface area (Å²) in [7, 11) is 0. The zero-order chi connectivity index (χ0) is 14.4. The van der Waals surface area contributed by atoms with Gasteiger partial charge in [0.05, 0.1) is 17.5 Å². The van der Waals surface area contributed by atoms with Crippen molar-refractivity contribution in [2.45, 2.75) is 33.6 Å². The number of nitrogens with zero attached hydrogens (tertiary/aromatic N) is 1. The van der Waals surface area contributed by atoms with E-state index in [0.29, 0.717) is 5.69 Å². The molecule has 3 nitrogen and oxygen atoms in total. The number of allylic oxidation sites excluding steroid dienone is 2. The Hall–Kier alpha value is -1.90. The van der Waals surface area contributed by atoms with E-state index in [2.05, 4.69) is 13.8 Å². The van der Waals surface area contributed by atoms with Crippen molar-refractivity contribution in [2.75, 3.05) is 4.90 Å². The Labute approximate surface area is 119 Å². The summed E-state index contributed by atoms with van der Waals surface area (Å²) in [6.07, 6.45) is 1.45. The van der Waals surface area contributed by atoms with Gasteiger partial charge in [0.15, 0.2) is 0 Å². The SMILES string of the molecule is CC1=C(C)C[C@@H]2C(=O)N(c3cccc(C)c3)C(=O)[C@H]2C1. The lowest BCUT2D eigenvalue weighted by Gasteiger charge is -2.23. The largest absolute Gasteiger partial charge is 0.274 e. The summed E-state index contributed by atoms with van der Waals surface area (Å²) >= 11 is 0. The number of imide groups is 1. The van der Waals surface area contributed by atoms with Crippen LogP contribution in [0.25, 0.3) is 0 Å². The molecule has 1 aromatic rings. The zero-order valence-corrected chi connectivity index (χ0v) is 12.1. The van der Waals surface area contributed by atoms with Crippen LogP contribution in [0.2, 0.25) is 0 Å². The number of fused-ring (bicyclic) bond motifs is 1. The van der Waals surface area contributed by atoms with Gasteiger partial charge in [0.25, 0.3) is 0 Å². The van der Waals surface area contributed by atoms with E-state index >= 15 is 0 Å². The van der Waals surface area contributed by atoms with Crippen LogP contribution in [0.4, 0.5) is 5.69 Å². The number of benzene rings is 1. The van der Waals surface area contributed by atoms with Crippen LogP contribution in [0.1, 0.15) is 32.3 Å². The Bertz CT molecular complexity index is 598. The number of carbonyl (C=O) groups excluding carboxylic acids is 2. The van der Waals surface area contributed by atoms with Crippen LogP contribution in [-0.2, 0) is 9.59 Å². The van der Waals surface area contributed by atoms with Crippen LogP contribution in [0.15, 0.2) is 35.4 Å². The molecule has 0 aromatic heterocycles. The third-order valence-electron chi connectivity index (χ3n) is 4.60. The van der Waals surface area contributed by atoms with Gasteiger partial charge in [-0.2, -0.15) is 0 Å². The number of anilines is 1. The minimum Gasteiger partial charge on any atom is -0.274 e. The minimum atomic E-state index is -0.160. The fraction of sp³-hybridized carbons (Fsp3) is 0.412.